The zero-order chi connectivity index (χ0) is 13.9. The van der Waals surface area contributed by atoms with E-state index < -0.39 is 0 Å². The molecule has 0 amide bonds. The molecule has 0 radical (unpaired) electrons. The van der Waals surface area contributed by atoms with E-state index in [1.165, 1.54) is 18.6 Å². The molecular formula is C14H22N2O2S. The number of esters is 1. The second kappa shape index (κ2) is 9.67. The zero-order valence-electron chi connectivity index (χ0n) is 11.6. The van der Waals surface area contributed by atoms with Crippen molar-refractivity contribution in [3.05, 3.63) is 23.9 Å². The number of aromatic nitrogens is 1. The topological polar surface area (TPSA) is 51.2 Å². The van der Waals surface area contributed by atoms with Crippen molar-refractivity contribution in [1.29, 1.82) is 0 Å². The van der Waals surface area contributed by atoms with Gasteiger partial charge in [0.25, 0.3) is 0 Å². The molecule has 0 saturated carbocycles. The number of thioether (sulfide) groups is 1. The average molecular weight is 282 g/mol. The molecule has 1 aromatic heterocycles. The number of carbonyl (C=O) groups is 1. The van der Waals surface area contributed by atoms with Gasteiger partial charge in [0.15, 0.2) is 0 Å². The highest BCUT2D eigenvalue weighted by molar-refractivity contribution is 7.98. The minimum absolute atomic E-state index is 0.319. The fourth-order valence-electron chi connectivity index (χ4n) is 1.67. The SMILES string of the molecule is CCOC(=O)c1cccnc1NCCCCCSC. The molecule has 1 aromatic rings. The number of hydrogen-bond donors (Lipinski definition) is 1. The van der Waals surface area contributed by atoms with Gasteiger partial charge in [-0.2, -0.15) is 11.8 Å². The Kier molecular flexibility index (Phi) is 8.05. The summed E-state index contributed by atoms with van der Waals surface area (Å²) in [5.74, 6) is 1.50. The molecule has 5 heteroatoms. The Morgan fingerprint density at radius 3 is 3.00 bits per heavy atom. The molecule has 0 atom stereocenters. The Labute approximate surface area is 119 Å². The number of anilines is 1. The number of rotatable bonds is 9. The normalized spacial score (nSPS) is 10.2. The van der Waals surface area contributed by atoms with Crippen LogP contribution in [-0.2, 0) is 4.74 Å². The number of unbranched alkanes of at least 4 members (excludes halogenated alkanes) is 2. The van der Waals surface area contributed by atoms with Crippen LogP contribution in [0.15, 0.2) is 18.3 Å². The largest absolute Gasteiger partial charge is 0.462 e. The molecule has 106 valence electrons. The highest BCUT2D eigenvalue weighted by Crippen LogP contribution is 2.13. The molecule has 0 unspecified atom stereocenters. The maximum Gasteiger partial charge on any atom is 0.341 e. The van der Waals surface area contributed by atoms with Crippen LogP contribution in [0, 0.1) is 0 Å². The number of hydrogen-bond acceptors (Lipinski definition) is 5. The minimum Gasteiger partial charge on any atom is -0.462 e. The van der Waals surface area contributed by atoms with Gasteiger partial charge >= 0.3 is 5.97 Å². The Bertz CT molecular complexity index is 385. The van der Waals surface area contributed by atoms with Crippen molar-refractivity contribution in [1.82, 2.24) is 4.98 Å². The predicted octanol–water partition coefficient (Wildman–Crippen LogP) is 3.20. The third kappa shape index (κ3) is 5.96. The molecule has 0 spiro atoms. The van der Waals surface area contributed by atoms with Crippen molar-refractivity contribution in [2.45, 2.75) is 26.2 Å². The Balaban J connectivity index is 2.42. The maximum absolute atomic E-state index is 11.7. The van der Waals surface area contributed by atoms with Gasteiger partial charge in [0.2, 0.25) is 0 Å². The van der Waals surface area contributed by atoms with E-state index in [-0.39, 0.29) is 5.97 Å². The summed E-state index contributed by atoms with van der Waals surface area (Å²) in [7, 11) is 0. The van der Waals surface area contributed by atoms with E-state index >= 15 is 0 Å². The van der Waals surface area contributed by atoms with Crippen LogP contribution in [0.3, 0.4) is 0 Å². The minimum atomic E-state index is -0.319. The lowest BCUT2D eigenvalue weighted by molar-refractivity contribution is 0.0527. The summed E-state index contributed by atoms with van der Waals surface area (Å²) in [6.45, 7) is 3.01. The molecule has 4 nitrogen and oxygen atoms in total. The van der Waals surface area contributed by atoms with Gasteiger partial charge in [-0.05, 0) is 43.9 Å². The fraction of sp³-hybridized carbons (Fsp3) is 0.571. The first-order valence-electron chi connectivity index (χ1n) is 6.64. The molecule has 0 aromatic carbocycles. The second-order valence-corrected chi connectivity index (χ2v) is 5.09. The summed E-state index contributed by atoms with van der Waals surface area (Å²) in [5.41, 5.74) is 0.508. The van der Waals surface area contributed by atoms with Gasteiger partial charge in [-0.1, -0.05) is 6.42 Å². The monoisotopic (exact) mass is 282 g/mol. The van der Waals surface area contributed by atoms with Crippen LogP contribution in [0.4, 0.5) is 5.82 Å². The Morgan fingerprint density at radius 1 is 1.42 bits per heavy atom. The van der Waals surface area contributed by atoms with E-state index in [1.54, 1.807) is 25.3 Å². The maximum atomic E-state index is 11.7. The van der Waals surface area contributed by atoms with Gasteiger partial charge < -0.3 is 10.1 Å². The van der Waals surface area contributed by atoms with Crippen LogP contribution in [-0.4, -0.2) is 36.1 Å². The van der Waals surface area contributed by atoms with E-state index in [0.29, 0.717) is 18.0 Å². The Morgan fingerprint density at radius 2 is 2.26 bits per heavy atom. The summed E-state index contributed by atoms with van der Waals surface area (Å²) in [6, 6.07) is 3.48. The molecule has 0 fully saturated rings. The van der Waals surface area contributed by atoms with Crippen molar-refractivity contribution < 1.29 is 9.53 Å². The molecular weight excluding hydrogens is 260 g/mol. The molecule has 1 rings (SSSR count). The fourth-order valence-corrected chi connectivity index (χ4v) is 2.17. The van der Waals surface area contributed by atoms with Crippen molar-refractivity contribution >= 4 is 23.5 Å². The van der Waals surface area contributed by atoms with Gasteiger partial charge in [0.05, 0.1) is 6.61 Å². The lowest BCUT2D eigenvalue weighted by Crippen LogP contribution is -2.12. The molecule has 0 aliphatic carbocycles. The van der Waals surface area contributed by atoms with Crippen molar-refractivity contribution in [2.24, 2.45) is 0 Å². The van der Waals surface area contributed by atoms with Crippen LogP contribution in [0.25, 0.3) is 0 Å². The molecule has 1 N–H and O–H groups in total. The molecule has 0 aliphatic rings. The molecule has 0 aliphatic heterocycles. The summed E-state index contributed by atoms with van der Waals surface area (Å²) >= 11 is 1.87. The standard InChI is InChI=1S/C14H22N2O2S/c1-3-18-14(17)12-8-7-10-16-13(12)15-9-5-4-6-11-19-2/h7-8,10H,3-6,9,11H2,1-2H3,(H,15,16). The highest BCUT2D eigenvalue weighted by Gasteiger charge is 2.12. The van der Waals surface area contributed by atoms with Crippen LogP contribution < -0.4 is 5.32 Å². The predicted molar refractivity (Wildman–Crippen MR) is 80.9 cm³/mol. The quantitative estimate of drug-likeness (QED) is 0.557. The van der Waals surface area contributed by atoms with Crippen molar-refractivity contribution in [3.63, 3.8) is 0 Å². The van der Waals surface area contributed by atoms with Gasteiger partial charge in [-0.3, -0.25) is 0 Å². The average Bonchev–Trinajstić information content (AvgIpc) is 2.43. The highest BCUT2D eigenvalue weighted by atomic mass is 32.2. The molecule has 1 heterocycles. The van der Waals surface area contributed by atoms with Crippen LogP contribution >= 0.6 is 11.8 Å². The summed E-state index contributed by atoms with van der Waals surface area (Å²) in [6.07, 6.45) is 7.31. The van der Waals surface area contributed by atoms with E-state index in [9.17, 15) is 4.79 Å². The lowest BCUT2D eigenvalue weighted by Gasteiger charge is -2.09. The number of nitrogens with one attached hydrogen (secondary N) is 1. The third-order valence-electron chi connectivity index (χ3n) is 2.62. The Hall–Kier alpha value is -1.23. The molecule has 0 saturated heterocycles. The summed E-state index contributed by atoms with van der Waals surface area (Å²) < 4.78 is 5.01. The van der Waals surface area contributed by atoms with Gasteiger partial charge in [0, 0.05) is 12.7 Å². The van der Waals surface area contributed by atoms with Gasteiger partial charge in [0.1, 0.15) is 11.4 Å². The number of ether oxygens (including phenoxy) is 1. The summed E-state index contributed by atoms with van der Waals surface area (Å²) in [4.78, 5) is 15.9. The number of pyridine rings is 1. The van der Waals surface area contributed by atoms with Crippen molar-refractivity contribution in [2.75, 3.05) is 30.5 Å². The van der Waals surface area contributed by atoms with E-state index in [2.05, 4.69) is 16.6 Å². The summed E-state index contributed by atoms with van der Waals surface area (Å²) in [5, 5.41) is 3.21. The third-order valence-corrected chi connectivity index (χ3v) is 3.32. The first kappa shape index (κ1) is 15.8. The number of carbonyl (C=O) groups excluding carboxylic acids is 1. The van der Waals surface area contributed by atoms with E-state index in [4.69, 9.17) is 4.74 Å². The van der Waals surface area contributed by atoms with Crippen LogP contribution in [0.5, 0.6) is 0 Å². The lowest BCUT2D eigenvalue weighted by atomic mass is 10.2. The zero-order valence-corrected chi connectivity index (χ0v) is 12.5. The van der Waals surface area contributed by atoms with Gasteiger partial charge in [-0.25, -0.2) is 9.78 Å². The molecule has 0 bridgehead atoms. The first-order valence-corrected chi connectivity index (χ1v) is 8.04. The smallest absolute Gasteiger partial charge is 0.341 e. The first-order chi connectivity index (χ1) is 9.29. The second-order valence-electron chi connectivity index (χ2n) is 4.10. The van der Waals surface area contributed by atoms with Crippen molar-refractivity contribution in [3.8, 4) is 0 Å². The van der Waals surface area contributed by atoms with Gasteiger partial charge in [-0.15, -0.1) is 0 Å². The number of nitrogens with zero attached hydrogens (tertiary/aromatic N) is 1. The molecule has 19 heavy (non-hydrogen) atoms. The van der Waals surface area contributed by atoms with E-state index in [1.807, 2.05) is 11.8 Å². The van der Waals surface area contributed by atoms with E-state index in [0.717, 1.165) is 13.0 Å². The van der Waals surface area contributed by atoms with Crippen LogP contribution in [0.1, 0.15) is 36.5 Å². The van der Waals surface area contributed by atoms with Crippen LogP contribution in [0.2, 0.25) is 0 Å².